The third kappa shape index (κ3) is 4.59. The summed E-state index contributed by atoms with van der Waals surface area (Å²) >= 11 is 0. The molecule has 3 rings (SSSR count). The summed E-state index contributed by atoms with van der Waals surface area (Å²) in [5.74, 6) is -0.799. The number of hydrogen-bond donors (Lipinski definition) is 1. The largest absolute Gasteiger partial charge is 0.496 e. The van der Waals surface area contributed by atoms with E-state index in [1.54, 1.807) is 43.7 Å². The van der Waals surface area contributed by atoms with Crippen molar-refractivity contribution in [3.63, 3.8) is 0 Å². The highest BCUT2D eigenvalue weighted by Crippen LogP contribution is 2.33. The van der Waals surface area contributed by atoms with Gasteiger partial charge in [-0.05, 0) is 73.9 Å². The third-order valence-corrected chi connectivity index (χ3v) is 4.70. The molecule has 2 aromatic carbocycles. The highest BCUT2D eigenvalue weighted by molar-refractivity contribution is 5.92. The fourth-order valence-corrected chi connectivity index (χ4v) is 3.30. The summed E-state index contributed by atoms with van der Waals surface area (Å²) in [6, 6.07) is 12.3. The van der Waals surface area contributed by atoms with Crippen LogP contribution in [0.3, 0.4) is 0 Å². The smallest absolute Gasteiger partial charge is 0.338 e. The van der Waals surface area contributed by atoms with E-state index in [1.165, 1.54) is 0 Å². The average molecular weight is 407 g/mol. The number of carboxylic acid groups (broad SMARTS) is 1. The molecule has 0 aromatic heterocycles. The normalized spacial score (nSPS) is 17.7. The summed E-state index contributed by atoms with van der Waals surface area (Å²) < 4.78 is 11.1. The van der Waals surface area contributed by atoms with Crippen molar-refractivity contribution < 1.29 is 24.2 Å². The second-order valence-corrected chi connectivity index (χ2v) is 8.15. The number of esters is 1. The monoisotopic (exact) mass is 407 g/mol. The van der Waals surface area contributed by atoms with Gasteiger partial charge in [-0.2, -0.15) is 0 Å². The van der Waals surface area contributed by atoms with E-state index in [-0.39, 0.29) is 12.0 Å². The number of nitrogens with zero attached hydrogens (tertiary/aromatic N) is 1. The van der Waals surface area contributed by atoms with E-state index in [4.69, 9.17) is 9.47 Å². The van der Waals surface area contributed by atoms with Crippen LogP contribution in [0.1, 0.15) is 36.7 Å². The van der Waals surface area contributed by atoms with Crippen molar-refractivity contribution >= 4 is 18.2 Å². The quantitative estimate of drug-likeness (QED) is 0.721. The molecule has 0 amide bonds. The van der Waals surface area contributed by atoms with Gasteiger partial charge in [0.05, 0.1) is 12.7 Å². The number of carboxylic acids is 1. The standard InChI is InChI=1S/C24H25NO5/c1-23(2,3)30-22(28)24(11-6-12-25-24)15-19-14-17(9-10-20(19)29-4)16-7-5-8-18(13-16)21(26)27/h5-14H,15H2,1-4H3,(H,26,27). The maximum atomic E-state index is 13.0. The molecule has 156 valence electrons. The van der Waals surface area contributed by atoms with Gasteiger partial charge in [0.15, 0.2) is 5.54 Å². The number of aromatic carboxylic acids is 1. The van der Waals surface area contributed by atoms with Gasteiger partial charge in [0.1, 0.15) is 11.4 Å². The topological polar surface area (TPSA) is 85.2 Å². The van der Waals surface area contributed by atoms with Crippen LogP contribution in [0.25, 0.3) is 11.1 Å². The fraction of sp³-hybridized carbons (Fsp3) is 0.292. The predicted molar refractivity (Wildman–Crippen MR) is 115 cm³/mol. The van der Waals surface area contributed by atoms with Crippen molar-refractivity contribution in [1.29, 1.82) is 0 Å². The van der Waals surface area contributed by atoms with E-state index in [1.807, 2.05) is 45.0 Å². The molecule has 0 saturated carbocycles. The van der Waals surface area contributed by atoms with Crippen molar-refractivity contribution in [2.45, 2.75) is 38.3 Å². The van der Waals surface area contributed by atoms with E-state index in [9.17, 15) is 14.7 Å². The van der Waals surface area contributed by atoms with Crippen molar-refractivity contribution in [3.05, 3.63) is 65.7 Å². The minimum atomic E-state index is -1.16. The second kappa shape index (κ2) is 8.14. The lowest BCUT2D eigenvalue weighted by Gasteiger charge is -2.28. The first-order valence-corrected chi connectivity index (χ1v) is 9.61. The number of rotatable bonds is 6. The van der Waals surface area contributed by atoms with Crippen LogP contribution >= 0.6 is 0 Å². The highest BCUT2D eigenvalue weighted by atomic mass is 16.6. The van der Waals surface area contributed by atoms with Crippen molar-refractivity contribution in [2.24, 2.45) is 4.99 Å². The number of carbonyl (C=O) groups is 2. The van der Waals surface area contributed by atoms with Gasteiger partial charge in [-0.3, -0.25) is 4.99 Å². The van der Waals surface area contributed by atoms with Crippen LogP contribution in [0.2, 0.25) is 0 Å². The molecule has 1 heterocycles. The van der Waals surface area contributed by atoms with Crippen molar-refractivity contribution in [2.75, 3.05) is 7.11 Å². The van der Waals surface area contributed by atoms with Crippen molar-refractivity contribution in [1.82, 2.24) is 0 Å². The van der Waals surface area contributed by atoms with E-state index in [2.05, 4.69) is 4.99 Å². The lowest BCUT2D eigenvalue weighted by atomic mass is 9.89. The van der Waals surface area contributed by atoms with Crippen LogP contribution in [-0.2, 0) is 16.0 Å². The summed E-state index contributed by atoms with van der Waals surface area (Å²) in [7, 11) is 1.57. The second-order valence-electron chi connectivity index (χ2n) is 8.15. The van der Waals surface area contributed by atoms with Crippen LogP contribution in [-0.4, -0.2) is 41.5 Å². The van der Waals surface area contributed by atoms with Crippen LogP contribution in [0.4, 0.5) is 0 Å². The molecule has 6 heteroatoms. The minimum absolute atomic E-state index is 0.207. The van der Waals surface area contributed by atoms with Gasteiger partial charge in [-0.1, -0.05) is 18.2 Å². The van der Waals surface area contributed by atoms with Crippen LogP contribution in [0.15, 0.2) is 59.6 Å². The number of aliphatic imine (C=N–C) groups is 1. The molecule has 2 aromatic rings. The van der Waals surface area contributed by atoms with Gasteiger partial charge in [0.2, 0.25) is 0 Å². The molecular weight excluding hydrogens is 382 g/mol. The van der Waals surface area contributed by atoms with E-state index in [0.717, 1.165) is 16.7 Å². The zero-order valence-corrected chi connectivity index (χ0v) is 17.5. The Morgan fingerprint density at radius 3 is 2.43 bits per heavy atom. The molecule has 1 atom stereocenters. The molecule has 0 spiro atoms. The van der Waals surface area contributed by atoms with Crippen LogP contribution < -0.4 is 4.74 Å². The molecule has 0 saturated heterocycles. The number of hydrogen-bond acceptors (Lipinski definition) is 5. The first-order valence-electron chi connectivity index (χ1n) is 9.61. The summed E-state index contributed by atoms with van der Waals surface area (Å²) in [6.07, 6.45) is 5.32. The molecule has 30 heavy (non-hydrogen) atoms. The van der Waals surface area contributed by atoms with E-state index < -0.39 is 23.1 Å². The summed E-state index contributed by atoms with van der Waals surface area (Å²) in [5, 5.41) is 9.28. The van der Waals surface area contributed by atoms with Gasteiger partial charge in [-0.25, -0.2) is 9.59 Å². The average Bonchev–Trinajstić information content (AvgIpc) is 3.16. The Labute approximate surface area is 175 Å². The molecule has 0 radical (unpaired) electrons. The number of ether oxygens (including phenoxy) is 2. The third-order valence-electron chi connectivity index (χ3n) is 4.70. The maximum absolute atomic E-state index is 13.0. The Bertz CT molecular complexity index is 1020. The van der Waals surface area contributed by atoms with E-state index in [0.29, 0.717) is 5.75 Å². The Morgan fingerprint density at radius 2 is 1.83 bits per heavy atom. The lowest BCUT2D eigenvalue weighted by Crippen LogP contribution is -2.41. The first kappa shape index (κ1) is 21.3. The number of carbonyl (C=O) groups excluding carboxylic acids is 1. The molecule has 0 bridgehead atoms. The molecule has 1 N–H and O–H groups in total. The van der Waals surface area contributed by atoms with Crippen LogP contribution in [0, 0.1) is 0 Å². The minimum Gasteiger partial charge on any atom is -0.496 e. The zero-order chi connectivity index (χ0) is 21.9. The SMILES string of the molecule is COc1ccc(-c2cccc(C(=O)O)c2)cc1CC1(C(=O)OC(C)(C)C)C=CC=N1. The van der Waals surface area contributed by atoms with Gasteiger partial charge >= 0.3 is 11.9 Å². The number of benzene rings is 2. The number of allylic oxidation sites excluding steroid dienone is 1. The van der Waals surface area contributed by atoms with Gasteiger partial charge in [0, 0.05) is 12.6 Å². The van der Waals surface area contributed by atoms with Gasteiger partial charge in [0.25, 0.3) is 0 Å². The Kier molecular flexibility index (Phi) is 5.78. The lowest BCUT2D eigenvalue weighted by molar-refractivity contribution is -0.159. The Balaban J connectivity index is 2.00. The van der Waals surface area contributed by atoms with Gasteiger partial charge < -0.3 is 14.6 Å². The zero-order valence-electron chi connectivity index (χ0n) is 17.5. The fourth-order valence-electron chi connectivity index (χ4n) is 3.30. The highest BCUT2D eigenvalue weighted by Gasteiger charge is 2.41. The maximum Gasteiger partial charge on any atom is 0.338 e. The van der Waals surface area contributed by atoms with Gasteiger partial charge in [-0.15, -0.1) is 0 Å². The number of methoxy groups -OCH3 is 1. The Hall–Kier alpha value is -3.41. The first-order chi connectivity index (χ1) is 14.1. The predicted octanol–water partition coefficient (Wildman–Crippen LogP) is 4.32. The molecule has 1 aliphatic rings. The molecule has 1 aliphatic heterocycles. The molecular formula is C24H25NO5. The van der Waals surface area contributed by atoms with E-state index >= 15 is 0 Å². The summed E-state index contributed by atoms with van der Waals surface area (Å²) in [5.41, 5.74) is 0.750. The molecule has 0 fully saturated rings. The molecule has 0 aliphatic carbocycles. The summed E-state index contributed by atoms with van der Waals surface area (Å²) in [4.78, 5) is 28.7. The molecule has 1 unspecified atom stereocenters. The molecule has 6 nitrogen and oxygen atoms in total. The summed E-state index contributed by atoms with van der Waals surface area (Å²) in [6.45, 7) is 5.45. The van der Waals surface area contributed by atoms with Crippen LogP contribution in [0.5, 0.6) is 5.75 Å². The van der Waals surface area contributed by atoms with Crippen molar-refractivity contribution in [3.8, 4) is 16.9 Å². The Morgan fingerprint density at radius 1 is 1.10 bits per heavy atom.